The minimum atomic E-state index is -0.367. The highest BCUT2D eigenvalue weighted by Crippen LogP contribution is 2.14. The van der Waals surface area contributed by atoms with Crippen LogP contribution in [0.4, 0.5) is 0 Å². The molecular formula is C11H12BrNO4. The van der Waals surface area contributed by atoms with E-state index in [-0.39, 0.29) is 25.2 Å². The van der Waals surface area contributed by atoms with Crippen molar-refractivity contribution in [1.29, 1.82) is 0 Å². The Morgan fingerprint density at radius 3 is 1.88 bits per heavy atom. The van der Waals surface area contributed by atoms with Crippen molar-refractivity contribution >= 4 is 27.9 Å². The third-order valence-corrected chi connectivity index (χ3v) is 2.20. The molecule has 0 aliphatic heterocycles. The van der Waals surface area contributed by atoms with Crippen LogP contribution >= 0.6 is 15.9 Å². The molecule has 0 bridgehead atoms. The Balaban J connectivity index is 2.71. The zero-order valence-electron chi connectivity index (χ0n) is 9.53. The fraction of sp³-hybridized carbons (Fsp3) is 0.364. The van der Waals surface area contributed by atoms with Crippen LogP contribution in [0.1, 0.15) is 25.2 Å². The maximum Gasteiger partial charge on any atom is 0.303 e. The standard InChI is InChI=1S/C11H12BrNO4/c1-7(14)16-5-10-3-9(12)4-11(13-10)6-17-8(2)15/h3-4H,5-6H2,1-2H3. The van der Waals surface area contributed by atoms with E-state index in [1.807, 2.05) is 0 Å². The number of carbonyl (C=O) groups is 2. The molecule has 1 aromatic heterocycles. The minimum Gasteiger partial charge on any atom is -0.459 e. The normalized spacial score (nSPS) is 9.82. The smallest absolute Gasteiger partial charge is 0.303 e. The molecule has 92 valence electrons. The molecule has 17 heavy (non-hydrogen) atoms. The summed E-state index contributed by atoms with van der Waals surface area (Å²) in [5, 5.41) is 0. The molecular weight excluding hydrogens is 290 g/mol. The van der Waals surface area contributed by atoms with Crippen molar-refractivity contribution in [2.75, 3.05) is 0 Å². The molecule has 0 aromatic carbocycles. The van der Waals surface area contributed by atoms with E-state index in [9.17, 15) is 9.59 Å². The van der Waals surface area contributed by atoms with Gasteiger partial charge in [0.1, 0.15) is 13.2 Å². The van der Waals surface area contributed by atoms with E-state index in [0.29, 0.717) is 11.4 Å². The molecule has 0 aliphatic carbocycles. The summed E-state index contributed by atoms with van der Waals surface area (Å²) < 4.78 is 10.5. The maximum atomic E-state index is 10.7. The van der Waals surface area contributed by atoms with Crippen LogP contribution in [0.3, 0.4) is 0 Å². The van der Waals surface area contributed by atoms with Gasteiger partial charge in [0.25, 0.3) is 0 Å². The van der Waals surface area contributed by atoms with Gasteiger partial charge in [-0.25, -0.2) is 0 Å². The van der Waals surface area contributed by atoms with Crippen LogP contribution in [-0.2, 0) is 32.3 Å². The summed E-state index contributed by atoms with van der Waals surface area (Å²) in [6.45, 7) is 2.86. The fourth-order valence-electron chi connectivity index (χ4n) is 1.11. The molecule has 0 fully saturated rings. The summed E-state index contributed by atoms with van der Waals surface area (Å²) in [6.07, 6.45) is 0. The molecule has 0 saturated carbocycles. The quantitative estimate of drug-likeness (QED) is 0.796. The third-order valence-electron chi connectivity index (χ3n) is 1.74. The van der Waals surface area contributed by atoms with Gasteiger partial charge in [0.15, 0.2) is 0 Å². The van der Waals surface area contributed by atoms with Crippen molar-refractivity contribution in [3.63, 3.8) is 0 Å². The third kappa shape index (κ3) is 5.44. The van der Waals surface area contributed by atoms with Gasteiger partial charge in [-0.1, -0.05) is 15.9 Å². The number of rotatable bonds is 4. The predicted molar refractivity (Wildman–Crippen MR) is 62.9 cm³/mol. The first-order valence-corrected chi connectivity index (χ1v) is 5.68. The van der Waals surface area contributed by atoms with E-state index < -0.39 is 0 Å². The van der Waals surface area contributed by atoms with E-state index in [4.69, 9.17) is 9.47 Å². The second kappa shape index (κ2) is 6.34. The van der Waals surface area contributed by atoms with Crippen LogP contribution in [0.25, 0.3) is 0 Å². The summed E-state index contributed by atoms with van der Waals surface area (Å²) in [5.74, 6) is -0.735. The number of pyridine rings is 1. The van der Waals surface area contributed by atoms with Crippen molar-refractivity contribution in [2.24, 2.45) is 0 Å². The lowest BCUT2D eigenvalue weighted by Crippen LogP contribution is -2.05. The van der Waals surface area contributed by atoms with E-state index in [1.165, 1.54) is 13.8 Å². The highest BCUT2D eigenvalue weighted by molar-refractivity contribution is 9.10. The second-order valence-electron chi connectivity index (χ2n) is 3.33. The van der Waals surface area contributed by atoms with Gasteiger partial charge >= 0.3 is 11.9 Å². The van der Waals surface area contributed by atoms with Gasteiger partial charge in [0, 0.05) is 18.3 Å². The summed E-state index contributed by atoms with van der Waals surface area (Å²) in [5.41, 5.74) is 1.19. The van der Waals surface area contributed by atoms with Crippen molar-refractivity contribution < 1.29 is 19.1 Å². The van der Waals surface area contributed by atoms with Gasteiger partial charge in [0.2, 0.25) is 0 Å². The minimum absolute atomic E-state index is 0.0991. The number of nitrogens with zero attached hydrogens (tertiary/aromatic N) is 1. The molecule has 0 amide bonds. The molecule has 1 heterocycles. The Morgan fingerprint density at radius 1 is 1.12 bits per heavy atom. The first-order chi connectivity index (χ1) is 7.97. The first kappa shape index (κ1) is 13.6. The molecule has 0 aliphatic rings. The molecule has 1 aromatic rings. The van der Waals surface area contributed by atoms with Gasteiger partial charge in [0.05, 0.1) is 11.4 Å². The molecule has 0 atom stereocenters. The number of ether oxygens (including phenoxy) is 2. The first-order valence-electron chi connectivity index (χ1n) is 4.89. The number of hydrogen-bond donors (Lipinski definition) is 0. The Bertz CT molecular complexity index is 397. The zero-order chi connectivity index (χ0) is 12.8. The monoisotopic (exact) mass is 301 g/mol. The Labute approximate surface area is 107 Å². The number of aromatic nitrogens is 1. The van der Waals surface area contributed by atoms with E-state index >= 15 is 0 Å². The summed E-state index contributed by atoms with van der Waals surface area (Å²) >= 11 is 3.31. The van der Waals surface area contributed by atoms with Gasteiger partial charge < -0.3 is 9.47 Å². The molecule has 0 radical (unpaired) electrons. The summed E-state index contributed by atoms with van der Waals surface area (Å²) in [6, 6.07) is 3.47. The molecule has 0 unspecified atom stereocenters. The van der Waals surface area contributed by atoms with Gasteiger partial charge in [-0.15, -0.1) is 0 Å². The number of carbonyl (C=O) groups excluding carboxylic acids is 2. The van der Waals surface area contributed by atoms with Crippen LogP contribution in [0.2, 0.25) is 0 Å². The average molecular weight is 302 g/mol. The fourth-order valence-corrected chi connectivity index (χ4v) is 1.64. The Hall–Kier alpha value is -1.43. The number of hydrogen-bond acceptors (Lipinski definition) is 5. The lowest BCUT2D eigenvalue weighted by atomic mass is 10.3. The highest BCUT2D eigenvalue weighted by Gasteiger charge is 2.04. The zero-order valence-corrected chi connectivity index (χ0v) is 11.1. The van der Waals surface area contributed by atoms with Gasteiger partial charge in [-0.2, -0.15) is 0 Å². The summed E-state index contributed by atoms with van der Waals surface area (Å²) in [4.78, 5) is 25.5. The molecule has 1 rings (SSSR count). The Kier molecular flexibility index (Phi) is 5.09. The topological polar surface area (TPSA) is 65.5 Å². The predicted octanol–water partition coefficient (Wildman–Crippen LogP) is 1.97. The molecule has 0 N–H and O–H groups in total. The van der Waals surface area contributed by atoms with Crippen LogP contribution in [0, 0.1) is 0 Å². The lowest BCUT2D eigenvalue weighted by molar-refractivity contribution is -0.142. The Morgan fingerprint density at radius 2 is 1.53 bits per heavy atom. The van der Waals surface area contributed by atoms with Crippen molar-refractivity contribution in [2.45, 2.75) is 27.1 Å². The van der Waals surface area contributed by atoms with E-state index in [2.05, 4.69) is 20.9 Å². The largest absolute Gasteiger partial charge is 0.459 e. The molecule has 5 nitrogen and oxygen atoms in total. The van der Waals surface area contributed by atoms with Crippen LogP contribution in [-0.4, -0.2) is 16.9 Å². The SMILES string of the molecule is CC(=O)OCc1cc(Br)cc(COC(C)=O)n1. The summed E-state index contributed by atoms with van der Waals surface area (Å²) in [7, 11) is 0. The lowest BCUT2D eigenvalue weighted by Gasteiger charge is -2.06. The molecule has 0 spiro atoms. The van der Waals surface area contributed by atoms with Gasteiger partial charge in [-0.3, -0.25) is 14.6 Å². The van der Waals surface area contributed by atoms with Crippen LogP contribution in [0.5, 0.6) is 0 Å². The van der Waals surface area contributed by atoms with E-state index in [0.717, 1.165) is 4.47 Å². The second-order valence-corrected chi connectivity index (χ2v) is 4.24. The number of esters is 2. The highest BCUT2D eigenvalue weighted by atomic mass is 79.9. The maximum absolute atomic E-state index is 10.7. The molecule has 6 heteroatoms. The van der Waals surface area contributed by atoms with Crippen LogP contribution in [0.15, 0.2) is 16.6 Å². The number of halogens is 1. The average Bonchev–Trinajstić information content (AvgIpc) is 2.23. The molecule has 0 saturated heterocycles. The van der Waals surface area contributed by atoms with Crippen molar-refractivity contribution in [3.05, 3.63) is 28.0 Å². The van der Waals surface area contributed by atoms with Crippen LogP contribution < -0.4 is 0 Å². The van der Waals surface area contributed by atoms with Gasteiger partial charge in [-0.05, 0) is 12.1 Å². The van der Waals surface area contributed by atoms with E-state index in [1.54, 1.807) is 12.1 Å². The van der Waals surface area contributed by atoms with Crippen molar-refractivity contribution in [3.8, 4) is 0 Å². The van der Waals surface area contributed by atoms with Crippen molar-refractivity contribution in [1.82, 2.24) is 4.98 Å².